The van der Waals surface area contributed by atoms with Crippen molar-refractivity contribution >= 4 is 15.9 Å². The van der Waals surface area contributed by atoms with Gasteiger partial charge in [-0.25, -0.2) is 8.42 Å². The molecule has 152 valence electrons. The Balaban J connectivity index is 1.62. The van der Waals surface area contributed by atoms with Crippen LogP contribution in [0, 0.1) is 0 Å². The maximum atomic E-state index is 12.7. The highest BCUT2D eigenvalue weighted by Gasteiger charge is 2.21. The maximum absolute atomic E-state index is 12.7. The number of rotatable bonds is 8. The van der Waals surface area contributed by atoms with Gasteiger partial charge in [-0.05, 0) is 54.1 Å². The topological polar surface area (TPSA) is 88.9 Å². The number of nitrogens with zero attached hydrogens (tertiary/aromatic N) is 1. The number of amides is 1. The van der Waals surface area contributed by atoms with Gasteiger partial charge in [0.05, 0.1) is 24.8 Å². The van der Waals surface area contributed by atoms with Crippen molar-refractivity contribution in [1.29, 1.82) is 0 Å². The van der Waals surface area contributed by atoms with Gasteiger partial charge in [-0.3, -0.25) is 4.79 Å². The number of hydrogen-bond donors (Lipinski definition) is 1. The molecule has 0 aliphatic heterocycles. The smallest absolute Gasteiger partial charge is 0.251 e. The third kappa shape index (κ3) is 5.04. The second-order valence-corrected chi connectivity index (χ2v) is 8.44. The quantitative estimate of drug-likeness (QED) is 0.612. The van der Waals surface area contributed by atoms with Crippen molar-refractivity contribution in [3.05, 3.63) is 83.8 Å². The lowest BCUT2D eigenvalue weighted by Gasteiger charge is -2.17. The van der Waals surface area contributed by atoms with Gasteiger partial charge >= 0.3 is 0 Å². The summed E-state index contributed by atoms with van der Waals surface area (Å²) in [6, 6.07) is 16.6. The van der Waals surface area contributed by atoms with Gasteiger partial charge in [0.15, 0.2) is 0 Å². The molecule has 2 aromatic carbocycles. The molecule has 3 aromatic rings. The number of nitrogens with one attached hydrogen (secondary N) is 1. The first-order valence-corrected chi connectivity index (χ1v) is 10.3. The van der Waals surface area contributed by atoms with Crippen LogP contribution in [0.4, 0.5) is 0 Å². The average molecular weight is 414 g/mol. The molecule has 29 heavy (non-hydrogen) atoms. The Bertz CT molecular complexity index is 1040. The predicted molar refractivity (Wildman–Crippen MR) is 108 cm³/mol. The summed E-state index contributed by atoms with van der Waals surface area (Å²) in [7, 11) is -0.592. The maximum Gasteiger partial charge on any atom is 0.251 e. The molecule has 7 nitrogen and oxygen atoms in total. The van der Waals surface area contributed by atoms with Crippen LogP contribution < -0.4 is 10.1 Å². The zero-order chi connectivity index (χ0) is 20.9. The van der Waals surface area contributed by atoms with Crippen LogP contribution in [0.25, 0.3) is 0 Å². The second kappa shape index (κ2) is 8.93. The lowest BCUT2D eigenvalue weighted by atomic mass is 10.1. The minimum absolute atomic E-state index is 0.183. The molecule has 0 aliphatic rings. The lowest BCUT2D eigenvalue weighted by molar-refractivity contribution is 0.0948. The van der Waals surface area contributed by atoms with Gasteiger partial charge in [-0.15, -0.1) is 0 Å². The molecule has 0 spiro atoms. The normalized spacial score (nSPS) is 11.4. The number of carbonyl (C=O) groups is 1. The Labute approximate surface area is 170 Å². The molecule has 0 radical (unpaired) electrons. The number of carbonyl (C=O) groups excluding carboxylic acids is 1. The van der Waals surface area contributed by atoms with Gasteiger partial charge in [0.1, 0.15) is 11.5 Å². The Morgan fingerprint density at radius 1 is 1.07 bits per heavy atom. The van der Waals surface area contributed by atoms with Crippen LogP contribution in [-0.4, -0.2) is 32.8 Å². The van der Waals surface area contributed by atoms with Crippen LogP contribution in [0.5, 0.6) is 5.75 Å². The SMILES string of the molecule is COc1ccc(S(=O)(=O)N(C)Cc2ccc(C(=O)NCc3ccco3)cc2)cc1. The summed E-state index contributed by atoms with van der Waals surface area (Å²) in [6.45, 7) is 0.485. The van der Waals surface area contributed by atoms with E-state index in [0.29, 0.717) is 23.6 Å². The first-order valence-electron chi connectivity index (χ1n) is 8.90. The molecule has 0 bridgehead atoms. The molecule has 1 N–H and O–H groups in total. The van der Waals surface area contributed by atoms with Crippen molar-refractivity contribution in [3.63, 3.8) is 0 Å². The molecule has 1 aromatic heterocycles. The average Bonchev–Trinajstić information content (AvgIpc) is 3.26. The van der Waals surface area contributed by atoms with Gasteiger partial charge < -0.3 is 14.5 Å². The molecule has 8 heteroatoms. The molecule has 3 rings (SSSR count). The summed E-state index contributed by atoms with van der Waals surface area (Å²) in [4.78, 5) is 12.4. The fourth-order valence-electron chi connectivity index (χ4n) is 2.71. The summed E-state index contributed by atoms with van der Waals surface area (Å²) in [5.74, 6) is 1.03. The minimum Gasteiger partial charge on any atom is -0.497 e. The van der Waals surface area contributed by atoms with Crippen LogP contribution in [-0.2, 0) is 23.1 Å². The Morgan fingerprint density at radius 2 is 1.76 bits per heavy atom. The van der Waals surface area contributed by atoms with Gasteiger partial charge in [0, 0.05) is 19.2 Å². The molecule has 1 heterocycles. The Kier molecular flexibility index (Phi) is 6.36. The standard InChI is InChI=1S/C21H22N2O5S/c1-23(29(25,26)20-11-9-18(27-2)10-12-20)15-16-5-7-17(8-6-16)21(24)22-14-19-4-3-13-28-19/h3-13H,14-15H2,1-2H3,(H,22,24). The Hall–Kier alpha value is -3.10. The van der Waals surface area contributed by atoms with E-state index in [0.717, 1.165) is 5.56 Å². The highest BCUT2D eigenvalue weighted by Crippen LogP contribution is 2.20. The van der Waals surface area contributed by atoms with E-state index in [2.05, 4.69) is 5.32 Å². The van der Waals surface area contributed by atoms with E-state index >= 15 is 0 Å². The number of sulfonamides is 1. The first-order chi connectivity index (χ1) is 13.9. The molecule has 1 amide bonds. The van der Waals surface area contributed by atoms with E-state index in [1.165, 1.54) is 30.6 Å². The van der Waals surface area contributed by atoms with Crippen LogP contribution in [0.1, 0.15) is 21.7 Å². The fraction of sp³-hybridized carbons (Fsp3) is 0.190. The molecular formula is C21H22N2O5S. The van der Waals surface area contributed by atoms with Gasteiger partial charge in [0.2, 0.25) is 10.0 Å². The number of furan rings is 1. The molecule has 0 fully saturated rings. The van der Waals surface area contributed by atoms with E-state index in [1.807, 2.05) is 0 Å². The number of benzene rings is 2. The van der Waals surface area contributed by atoms with Gasteiger partial charge in [-0.2, -0.15) is 4.31 Å². The van der Waals surface area contributed by atoms with E-state index in [-0.39, 0.29) is 17.3 Å². The minimum atomic E-state index is -3.63. The fourth-order valence-corrected chi connectivity index (χ4v) is 3.87. The number of ether oxygens (including phenoxy) is 1. The number of hydrogen-bond acceptors (Lipinski definition) is 5. The molecule has 0 saturated carbocycles. The third-order valence-corrected chi connectivity index (χ3v) is 6.21. The first kappa shape index (κ1) is 20.6. The van der Waals surface area contributed by atoms with Crippen molar-refractivity contribution < 1.29 is 22.4 Å². The van der Waals surface area contributed by atoms with Crippen molar-refractivity contribution in [2.45, 2.75) is 18.0 Å². The molecule has 0 unspecified atom stereocenters. The summed E-state index contributed by atoms with van der Waals surface area (Å²) in [5, 5.41) is 2.77. The van der Waals surface area contributed by atoms with Crippen LogP contribution in [0.2, 0.25) is 0 Å². The predicted octanol–water partition coefficient (Wildman–Crippen LogP) is 3.04. The monoisotopic (exact) mass is 414 g/mol. The molecule has 0 saturated heterocycles. The van der Waals surface area contributed by atoms with Crippen molar-refractivity contribution in [3.8, 4) is 5.75 Å². The van der Waals surface area contributed by atoms with Crippen molar-refractivity contribution in [2.75, 3.05) is 14.2 Å². The lowest BCUT2D eigenvalue weighted by Crippen LogP contribution is -2.26. The summed E-state index contributed by atoms with van der Waals surface area (Å²) < 4.78 is 36.9. The molecular weight excluding hydrogens is 392 g/mol. The zero-order valence-corrected chi connectivity index (χ0v) is 17.0. The van der Waals surface area contributed by atoms with Crippen molar-refractivity contribution in [1.82, 2.24) is 9.62 Å². The summed E-state index contributed by atoms with van der Waals surface area (Å²) in [5.41, 5.74) is 1.26. The highest BCUT2D eigenvalue weighted by molar-refractivity contribution is 7.89. The van der Waals surface area contributed by atoms with Gasteiger partial charge in [0.25, 0.3) is 5.91 Å². The summed E-state index contributed by atoms with van der Waals surface area (Å²) in [6.07, 6.45) is 1.55. The zero-order valence-electron chi connectivity index (χ0n) is 16.2. The van der Waals surface area contributed by atoms with E-state index in [9.17, 15) is 13.2 Å². The van der Waals surface area contributed by atoms with Crippen LogP contribution in [0.15, 0.2) is 76.2 Å². The van der Waals surface area contributed by atoms with Crippen LogP contribution >= 0.6 is 0 Å². The molecule has 0 atom stereocenters. The highest BCUT2D eigenvalue weighted by atomic mass is 32.2. The summed E-state index contributed by atoms with van der Waals surface area (Å²) >= 11 is 0. The van der Waals surface area contributed by atoms with E-state index in [1.54, 1.807) is 54.8 Å². The molecule has 0 aliphatic carbocycles. The second-order valence-electron chi connectivity index (χ2n) is 6.40. The van der Waals surface area contributed by atoms with Crippen LogP contribution in [0.3, 0.4) is 0 Å². The van der Waals surface area contributed by atoms with E-state index < -0.39 is 10.0 Å². The van der Waals surface area contributed by atoms with E-state index in [4.69, 9.17) is 9.15 Å². The Morgan fingerprint density at radius 3 is 2.34 bits per heavy atom. The third-order valence-electron chi connectivity index (χ3n) is 4.39. The number of methoxy groups -OCH3 is 1. The van der Waals surface area contributed by atoms with Gasteiger partial charge in [-0.1, -0.05) is 12.1 Å². The largest absolute Gasteiger partial charge is 0.497 e. The van der Waals surface area contributed by atoms with Crippen molar-refractivity contribution in [2.24, 2.45) is 0 Å².